The molecule has 1 fully saturated rings. The Kier molecular flexibility index (Phi) is 7.05. The van der Waals surface area contributed by atoms with E-state index in [1.807, 2.05) is 6.07 Å². The van der Waals surface area contributed by atoms with Crippen molar-refractivity contribution in [1.82, 2.24) is 24.4 Å². The molecule has 0 radical (unpaired) electrons. The van der Waals surface area contributed by atoms with Gasteiger partial charge in [-0.15, -0.1) is 0 Å². The fourth-order valence-electron chi connectivity index (χ4n) is 5.50. The fraction of sp³-hybridized carbons (Fsp3) is 0.300. The lowest BCUT2D eigenvalue weighted by atomic mass is 9.96. The lowest BCUT2D eigenvalue weighted by molar-refractivity contribution is 0.0471. The Hall–Kier alpha value is -4.85. The minimum atomic E-state index is -1.06. The number of nitrogens with one attached hydrogen (secondary N) is 1. The highest BCUT2D eigenvalue weighted by atomic mass is 19.2. The van der Waals surface area contributed by atoms with Gasteiger partial charge in [-0.25, -0.2) is 23.4 Å². The van der Waals surface area contributed by atoms with Gasteiger partial charge >= 0.3 is 11.8 Å². The number of ether oxygens (including phenoxy) is 1. The van der Waals surface area contributed by atoms with E-state index in [0.717, 1.165) is 11.6 Å². The third-order valence-electron chi connectivity index (χ3n) is 7.60. The quantitative estimate of drug-likeness (QED) is 0.286. The number of aromatic nitrogens is 4. The van der Waals surface area contributed by atoms with E-state index in [0.29, 0.717) is 37.3 Å². The van der Waals surface area contributed by atoms with Gasteiger partial charge in [0.25, 0.3) is 0 Å². The van der Waals surface area contributed by atoms with E-state index >= 15 is 0 Å². The number of Topliss-reactive ketones (excluding diaryl/α,β-unsaturated/α-hetero) is 1. The Morgan fingerprint density at radius 2 is 1.76 bits per heavy atom. The number of rotatable bonds is 2. The number of amides is 1. The van der Waals surface area contributed by atoms with Crippen LogP contribution in [0.3, 0.4) is 0 Å². The molecular weight excluding hydrogens is 532 g/mol. The maximum absolute atomic E-state index is 14.1. The molecule has 3 aromatic heterocycles. The number of aromatic amines is 1. The van der Waals surface area contributed by atoms with E-state index < -0.39 is 29.7 Å². The van der Waals surface area contributed by atoms with Crippen molar-refractivity contribution in [2.75, 3.05) is 13.1 Å². The summed E-state index contributed by atoms with van der Waals surface area (Å²) >= 11 is 0. The molecule has 2 aliphatic rings. The number of imidazole rings is 1. The highest BCUT2D eigenvalue weighted by Gasteiger charge is 2.34. The van der Waals surface area contributed by atoms with E-state index in [2.05, 4.69) is 26.8 Å². The third kappa shape index (κ3) is 5.09. The summed E-state index contributed by atoms with van der Waals surface area (Å²) in [5.41, 5.74) is 1.52. The minimum absolute atomic E-state index is 0.0929. The summed E-state index contributed by atoms with van der Waals surface area (Å²) in [7, 11) is 0. The van der Waals surface area contributed by atoms with Crippen molar-refractivity contribution in [2.45, 2.75) is 37.8 Å². The Bertz CT molecular complexity index is 1760. The van der Waals surface area contributed by atoms with Crippen LogP contribution in [0.5, 0.6) is 0 Å². The van der Waals surface area contributed by atoms with Crippen LogP contribution in [-0.4, -0.2) is 49.4 Å². The number of carbonyl (C=O) groups is 2. The van der Waals surface area contributed by atoms with Gasteiger partial charge in [0.15, 0.2) is 23.1 Å². The summed E-state index contributed by atoms with van der Waals surface area (Å²) < 4.78 is 35.3. The predicted molar refractivity (Wildman–Crippen MR) is 144 cm³/mol. The van der Waals surface area contributed by atoms with Gasteiger partial charge < -0.3 is 9.64 Å². The van der Waals surface area contributed by atoms with Crippen molar-refractivity contribution in [3.63, 3.8) is 0 Å². The summed E-state index contributed by atoms with van der Waals surface area (Å²) in [5.74, 6) is 2.20. The van der Waals surface area contributed by atoms with Crippen LogP contribution in [0.25, 0.3) is 11.2 Å². The van der Waals surface area contributed by atoms with E-state index in [-0.39, 0.29) is 41.5 Å². The second-order valence-electron chi connectivity index (χ2n) is 10.1. The van der Waals surface area contributed by atoms with Crippen LogP contribution in [-0.2, 0) is 4.74 Å². The number of likely N-dealkylation sites (tertiary alicyclic amines) is 1. The first-order valence-corrected chi connectivity index (χ1v) is 13.4. The van der Waals surface area contributed by atoms with Gasteiger partial charge in [-0.2, -0.15) is 0 Å². The highest BCUT2D eigenvalue weighted by molar-refractivity contribution is 6.01. The average molecular weight is 558 g/mol. The topological polar surface area (TPSA) is 110 Å². The zero-order chi connectivity index (χ0) is 28.5. The molecule has 41 heavy (non-hydrogen) atoms. The smallest absolute Gasteiger partial charge is 0.410 e. The zero-order valence-electron chi connectivity index (χ0n) is 21.8. The molecule has 1 aliphatic heterocycles. The average Bonchev–Trinajstić information content (AvgIpc) is 3.27. The van der Waals surface area contributed by atoms with E-state index in [1.54, 1.807) is 33.9 Å². The van der Waals surface area contributed by atoms with Crippen molar-refractivity contribution in [2.24, 2.45) is 5.92 Å². The lowest BCUT2D eigenvalue weighted by Crippen LogP contribution is -2.41. The monoisotopic (exact) mass is 557 g/mol. The molecule has 0 saturated carbocycles. The number of ketones is 1. The lowest BCUT2D eigenvalue weighted by Gasteiger charge is -2.32. The Morgan fingerprint density at radius 3 is 2.59 bits per heavy atom. The van der Waals surface area contributed by atoms with Crippen LogP contribution in [0.2, 0.25) is 0 Å². The minimum Gasteiger partial charge on any atom is -0.440 e. The molecule has 6 rings (SSSR count). The largest absolute Gasteiger partial charge is 0.440 e. The molecule has 208 valence electrons. The van der Waals surface area contributed by atoms with Gasteiger partial charge in [0, 0.05) is 37.1 Å². The fourth-order valence-corrected chi connectivity index (χ4v) is 5.50. The van der Waals surface area contributed by atoms with E-state index in [1.165, 1.54) is 18.3 Å². The molecule has 11 heteroatoms. The Labute approximate surface area is 233 Å². The first-order valence-electron chi connectivity index (χ1n) is 13.4. The molecule has 2 unspecified atom stereocenters. The maximum atomic E-state index is 14.1. The van der Waals surface area contributed by atoms with Crippen LogP contribution in [0.4, 0.5) is 13.6 Å². The van der Waals surface area contributed by atoms with Crippen LogP contribution < -0.4 is 5.69 Å². The number of pyridine rings is 2. The third-order valence-corrected chi connectivity index (χ3v) is 7.60. The number of nitrogens with zero attached hydrogens (tertiary/aromatic N) is 4. The van der Waals surface area contributed by atoms with Gasteiger partial charge in [-0.3, -0.25) is 19.3 Å². The summed E-state index contributed by atoms with van der Waals surface area (Å²) in [6.45, 7) is 0.772. The van der Waals surface area contributed by atoms with Crippen molar-refractivity contribution in [3.05, 3.63) is 93.8 Å². The van der Waals surface area contributed by atoms with Crippen LogP contribution in [0, 0.1) is 29.4 Å². The number of hydrogen-bond acceptors (Lipinski definition) is 6. The SMILES string of the molecule is O=C1c2cccnc2C(OC(=O)N2CCC(n3c(=O)[nH]c4ncccc43)CC2)CCC1C#Cc1cccc(F)c1F. The van der Waals surface area contributed by atoms with Gasteiger partial charge in [0.05, 0.1) is 22.7 Å². The summed E-state index contributed by atoms with van der Waals surface area (Å²) in [6, 6.07) is 10.4. The van der Waals surface area contributed by atoms with Gasteiger partial charge in [-0.1, -0.05) is 17.9 Å². The normalized spacial score (nSPS) is 19.3. The Morgan fingerprint density at radius 1 is 0.976 bits per heavy atom. The molecule has 1 N–H and O–H groups in total. The molecule has 1 amide bonds. The van der Waals surface area contributed by atoms with Gasteiger partial charge in [0.2, 0.25) is 0 Å². The van der Waals surface area contributed by atoms with Crippen LogP contribution in [0.15, 0.2) is 59.7 Å². The number of hydrogen-bond donors (Lipinski definition) is 1. The van der Waals surface area contributed by atoms with Crippen molar-refractivity contribution >= 4 is 23.0 Å². The molecule has 0 bridgehead atoms. The van der Waals surface area contributed by atoms with E-state index in [4.69, 9.17) is 4.74 Å². The van der Waals surface area contributed by atoms with E-state index in [9.17, 15) is 23.2 Å². The summed E-state index contributed by atoms with van der Waals surface area (Å²) in [6.07, 6.45) is 3.48. The van der Waals surface area contributed by atoms with Crippen LogP contribution in [0.1, 0.15) is 59.4 Å². The highest BCUT2D eigenvalue weighted by Crippen LogP contribution is 2.34. The standard InChI is InChI=1S/C30H25F2N5O4/c31-22-6-1-4-18(25(22)32)8-9-19-10-11-24(26-21(27(19)38)5-2-14-33-26)41-30(40)36-16-12-20(13-17-36)37-23-7-3-15-34-28(23)35-29(37)39/h1-7,14-15,19-20,24H,10-13,16-17H2,(H,34,35,39). The molecule has 1 aromatic carbocycles. The number of halogens is 2. The molecule has 0 spiro atoms. The molecule has 4 aromatic rings. The first-order chi connectivity index (χ1) is 19.9. The number of carbonyl (C=O) groups excluding carboxylic acids is 2. The molecule has 1 aliphatic carbocycles. The van der Waals surface area contributed by atoms with Crippen LogP contribution >= 0.6 is 0 Å². The van der Waals surface area contributed by atoms with Crippen molar-refractivity contribution in [1.29, 1.82) is 0 Å². The van der Waals surface area contributed by atoms with Crippen molar-refractivity contribution in [3.8, 4) is 11.8 Å². The summed E-state index contributed by atoms with van der Waals surface area (Å²) in [4.78, 5) is 52.0. The van der Waals surface area contributed by atoms with Gasteiger partial charge in [-0.05, 0) is 62.1 Å². The summed E-state index contributed by atoms with van der Waals surface area (Å²) in [5, 5.41) is 0. The second kappa shape index (κ2) is 11.0. The molecule has 9 nitrogen and oxygen atoms in total. The second-order valence-corrected chi connectivity index (χ2v) is 10.1. The molecule has 1 saturated heterocycles. The number of fused-ring (bicyclic) bond motifs is 2. The van der Waals surface area contributed by atoms with Gasteiger partial charge in [0.1, 0.15) is 6.10 Å². The number of piperidine rings is 1. The first kappa shape index (κ1) is 26.4. The molecular formula is C30H25F2N5O4. The zero-order valence-corrected chi connectivity index (χ0v) is 21.8. The molecule has 4 heterocycles. The maximum Gasteiger partial charge on any atom is 0.410 e. The molecule has 2 atom stereocenters. The van der Waals surface area contributed by atoms with Crippen molar-refractivity contribution < 1.29 is 23.1 Å². The predicted octanol–water partition coefficient (Wildman–Crippen LogP) is 4.56. The number of H-pyrrole nitrogens is 1. The Balaban J connectivity index is 1.16. The number of benzene rings is 1.